The summed E-state index contributed by atoms with van der Waals surface area (Å²) >= 11 is 0. The lowest BCUT2D eigenvalue weighted by molar-refractivity contribution is -0.157. The van der Waals surface area contributed by atoms with Crippen molar-refractivity contribution in [2.45, 2.75) is 91.3 Å². The SMILES string of the molecule is CCCN(CCO)C(=O)Oc1ccc([C@@H]2CC2(Nc2nc(N(CC)CC)ncc2NC(C)C)C(=O)OC(C)(C)C)cc1. The second kappa shape index (κ2) is 14.0. The fourth-order valence-corrected chi connectivity index (χ4v) is 4.82. The number of amides is 1. The molecule has 2 aromatic rings. The maximum Gasteiger partial charge on any atom is 0.415 e. The van der Waals surface area contributed by atoms with Crippen molar-refractivity contribution in [1.82, 2.24) is 14.9 Å². The molecule has 0 bridgehead atoms. The topological polar surface area (TPSA) is 129 Å². The van der Waals surface area contributed by atoms with Gasteiger partial charge in [-0.3, -0.25) is 0 Å². The molecule has 1 aromatic carbocycles. The fraction of sp³-hybridized carbons (Fsp3) is 0.613. The molecule has 2 atom stereocenters. The smallest absolute Gasteiger partial charge is 0.415 e. The van der Waals surface area contributed by atoms with Crippen molar-refractivity contribution in [1.29, 1.82) is 0 Å². The lowest BCUT2D eigenvalue weighted by Gasteiger charge is -2.27. The van der Waals surface area contributed by atoms with E-state index in [9.17, 15) is 14.7 Å². The van der Waals surface area contributed by atoms with Crippen LogP contribution in [0.2, 0.25) is 0 Å². The Bertz CT molecular complexity index is 1190. The van der Waals surface area contributed by atoms with Gasteiger partial charge >= 0.3 is 12.1 Å². The number of anilines is 3. The zero-order valence-corrected chi connectivity index (χ0v) is 26.4. The number of nitrogens with zero attached hydrogens (tertiary/aromatic N) is 4. The molecule has 42 heavy (non-hydrogen) atoms. The standard InChI is InChI=1S/C31H48N6O5/c1-9-16-37(17-18-38)29(40)41-23-14-12-22(13-15-23)24-19-31(24,27(39)42-30(6,7)8)35-26-25(33-21(4)5)20-32-28(34-26)36(10-2)11-3/h12-15,20-21,24,33,38H,9-11,16-19H2,1-8H3,(H,32,34,35)/t24-,31?/m0/s1. The van der Waals surface area contributed by atoms with Gasteiger partial charge in [-0.1, -0.05) is 19.1 Å². The maximum atomic E-state index is 13.8. The van der Waals surface area contributed by atoms with Crippen LogP contribution in [0.1, 0.15) is 79.7 Å². The third-order valence-electron chi connectivity index (χ3n) is 6.94. The highest BCUT2D eigenvalue weighted by molar-refractivity contribution is 5.92. The highest BCUT2D eigenvalue weighted by Gasteiger charge is 2.63. The average Bonchev–Trinajstić information content (AvgIpc) is 3.65. The van der Waals surface area contributed by atoms with Crippen molar-refractivity contribution in [2.75, 3.05) is 48.3 Å². The van der Waals surface area contributed by atoms with Crippen molar-refractivity contribution in [3.8, 4) is 5.75 Å². The summed E-state index contributed by atoms with van der Waals surface area (Å²) in [5.74, 6) is 0.967. The van der Waals surface area contributed by atoms with E-state index in [4.69, 9.17) is 14.5 Å². The van der Waals surface area contributed by atoms with Gasteiger partial charge in [0.2, 0.25) is 5.95 Å². The fourth-order valence-electron chi connectivity index (χ4n) is 4.82. The van der Waals surface area contributed by atoms with Gasteiger partial charge in [-0.15, -0.1) is 0 Å². The van der Waals surface area contributed by atoms with Gasteiger partial charge in [0.1, 0.15) is 16.9 Å². The molecular formula is C31H48N6O5. The molecule has 1 aliphatic rings. The molecule has 3 rings (SSSR count). The van der Waals surface area contributed by atoms with Crippen LogP contribution >= 0.6 is 0 Å². The molecule has 1 aliphatic carbocycles. The van der Waals surface area contributed by atoms with Gasteiger partial charge in [0.15, 0.2) is 5.82 Å². The molecule has 1 saturated carbocycles. The molecule has 232 valence electrons. The van der Waals surface area contributed by atoms with Crippen molar-refractivity contribution in [3.63, 3.8) is 0 Å². The molecule has 1 fully saturated rings. The molecule has 1 unspecified atom stereocenters. The van der Waals surface area contributed by atoms with Crippen LogP contribution in [0, 0.1) is 0 Å². The Morgan fingerprint density at radius 3 is 2.33 bits per heavy atom. The first-order chi connectivity index (χ1) is 19.9. The molecule has 1 amide bonds. The Labute approximate surface area is 250 Å². The summed E-state index contributed by atoms with van der Waals surface area (Å²) in [6.07, 6.45) is 2.51. The maximum absolute atomic E-state index is 13.8. The van der Waals surface area contributed by atoms with E-state index in [0.717, 1.165) is 25.1 Å². The number of aliphatic hydroxyl groups is 1. The van der Waals surface area contributed by atoms with Gasteiger partial charge < -0.3 is 35.0 Å². The summed E-state index contributed by atoms with van der Waals surface area (Å²) in [5, 5.41) is 16.1. The Morgan fingerprint density at radius 1 is 1.12 bits per heavy atom. The van der Waals surface area contributed by atoms with Crippen LogP contribution in [0.3, 0.4) is 0 Å². The number of carbonyl (C=O) groups excluding carboxylic acids is 2. The third-order valence-corrected chi connectivity index (χ3v) is 6.94. The summed E-state index contributed by atoms with van der Waals surface area (Å²) in [5.41, 5.74) is -0.0960. The second-order valence-corrected chi connectivity index (χ2v) is 11.9. The predicted octanol–water partition coefficient (Wildman–Crippen LogP) is 5.03. The van der Waals surface area contributed by atoms with Crippen LogP contribution in [0.25, 0.3) is 0 Å². The third kappa shape index (κ3) is 8.24. The Balaban J connectivity index is 1.92. The number of aliphatic hydroxyl groups excluding tert-OH is 1. The number of benzene rings is 1. The van der Waals surface area contributed by atoms with E-state index in [1.165, 1.54) is 4.90 Å². The van der Waals surface area contributed by atoms with E-state index >= 15 is 0 Å². The Hall–Kier alpha value is -3.60. The van der Waals surface area contributed by atoms with Crippen LogP contribution in [0.5, 0.6) is 5.75 Å². The van der Waals surface area contributed by atoms with Gasteiger partial charge in [0.05, 0.1) is 18.5 Å². The molecule has 11 nitrogen and oxygen atoms in total. The summed E-state index contributed by atoms with van der Waals surface area (Å²) in [6, 6.07) is 7.31. The number of aromatic nitrogens is 2. The summed E-state index contributed by atoms with van der Waals surface area (Å²) in [4.78, 5) is 39.3. The number of ether oxygens (including phenoxy) is 2. The number of hydrogen-bond acceptors (Lipinski definition) is 10. The van der Waals surface area contributed by atoms with E-state index in [0.29, 0.717) is 36.2 Å². The van der Waals surface area contributed by atoms with Crippen LogP contribution in [-0.2, 0) is 9.53 Å². The predicted molar refractivity (Wildman–Crippen MR) is 165 cm³/mol. The van der Waals surface area contributed by atoms with Crippen molar-refractivity contribution in [3.05, 3.63) is 36.0 Å². The van der Waals surface area contributed by atoms with Crippen molar-refractivity contribution >= 4 is 29.5 Å². The monoisotopic (exact) mass is 584 g/mol. The number of esters is 1. The van der Waals surface area contributed by atoms with Gasteiger partial charge in [-0.25, -0.2) is 14.6 Å². The highest BCUT2D eigenvalue weighted by Crippen LogP contribution is 2.55. The Kier molecular flexibility index (Phi) is 11.0. The second-order valence-electron chi connectivity index (χ2n) is 11.9. The van der Waals surface area contributed by atoms with Gasteiger partial charge in [0.25, 0.3) is 0 Å². The first-order valence-electron chi connectivity index (χ1n) is 14.9. The van der Waals surface area contributed by atoms with Gasteiger partial charge in [-0.2, -0.15) is 4.98 Å². The molecule has 3 N–H and O–H groups in total. The number of hydrogen-bond donors (Lipinski definition) is 3. The van der Waals surface area contributed by atoms with E-state index in [2.05, 4.69) is 20.5 Å². The zero-order chi connectivity index (χ0) is 31.1. The van der Waals surface area contributed by atoms with Crippen LogP contribution < -0.4 is 20.3 Å². The van der Waals surface area contributed by atoms with Gasteiger partial charge in [0, 0.05) is 38.1 Å². The minimum absolute atomic E-state index is 0.127. The van der Waals surface area contributed by atoms with Crippen molar-refractivity contribution < 1.29 is 24.2 Å². The first kappa shape index (κ1) is 32.9. The molecule has 0 radical (unpaired) electrons. The summed E-state index contributed by atoms with van der Waals surface area (Å²) < 4.78 is 11.5. The van der Waals surface area contributed by atoms with E-state index < -0.39 is 17.2 Å². The van der Waals surface area contributed by atoms with E-state index in [1.54, 1.807) is 18.3 Å². The quantitative estimate of drug-likeness (QED) is 0.260. The molecular weight excluding hydrogens is 536 g/mol. The van der Waals surface area contributed by atoms with Crippen LogP contribution in [-0.4, -0.2) is 82.0 Å². The summed E-state index contributed by atoms with van der Waals surface area (Å²) in [6.45, 7) is 17.8. The molecule has 11 heteroatoms. The Morgan fingerprint density at radius 2 is 1.79 bits per heavy atom. The minimum Gasteiger partial charge on any atom is -0.458 e. The van der Waals surface area contributed by atoms with E-state index in [1.807, 2.05) is 67.5 Å². The number of nitrogens with one attached hydrogen (secondary N) is 2. The number of rotatable bonds is 14. The molecule has 0 saturated heterocycles. The first-order valence-corrected chi connectivity index (χ1v) is 14.9. The van der Waals surface area contributed by atoms with Crippen molar-refractivity contribution in [2.24, 2.45) is 0 Å². The van der Waals surface area contributed by atoms with Crippen LogP contribution in [0.4, 0.5) is 22.2 Å². The zero-order valence-electron chi connectivity index (χ0n) is 26.4. The average molecular weight is 585 g/mol. The van der Waals surface area contributed by atoms with E-state index in [-0.39, 0.29) is 31.1 Å². The van der Waals surface area contributed by atoms with Gasteiger partial charge in [-0.05, 0) is 79.0 Å². The highest BCUT2D eigenvalue weighted by atomic mass is 16.6. The molecule has 1 aromatic heterocycles. The molecule has 1 heterocycles. The van der Waals surface area contributed by atoms with Crippen LogP contribution in [0.15, 0.2) is 30.5 Å². The largest absolute Gasteiger partial charge is 0.458 e. The number of carbonyl (C=O) groups is 2. The molecule has 0 aliphatic heterocycles. The lowest BCUT2D eigenvalue weighted by atomic mass is 10.0. The summed E-state index contributed by atoms with van der Waals surface area (Å²) in [7, 11) is 0. The normalized spacial score (nSPS) is 17.9. The molecule has 0 spiro atoms. The lowest BCUT2D eigenvalue weighted by Crippen LogP contribution is -2.40. The minimum atomic E-state index is -1.03.